The lowest BCUT2D eigenvalue weighted by molar-refractivity contribution is -0.307. The van der Waals surface area contributed by atoms with Crippen molar-refractivity contribution in [2.75, 3.05) is 12.0 Å². The lowest BCUT2D eigenvalue weighted by Gasteiger charge is -2.10. The predicted octanol–water partition coefficient (Wildman–Crippen LogP) is 3.24. The number of carbonyl (C=O) groups is 1. The summed E-state index contributed by atoms with van der Waals surface area (Å²) in [6.45, 7) is 1.53. The van der Waals surface area contributed by atoms with E-state index >= 15 is 0 Å². The van der Waals surface area contributed by atoms with Gasteiger partial charge >= 0.3 is 0 Å². The number of carboxylic acids is 1. The third-order valence-electron chi connectivity index (χ3n) is 3.90. The summed E-state index contributed by atoms with van der Waals surface area (Å²) in [6, 6.07) is 14.4. The summed E-state index contributed by atoms with van der Waals surface area (Å²) in [5.41, 5.74) is 6.47. The van der Waals surface area contributed by atoms with Crippen molar-refractivity contribution in [1.82, 2.24) is 4.98 Å². The van der Waals surface area contributed by atoms with Gasteiger partial charge in [-0.3, -0.25) is 10.4 Å². The summed E-state index contributed by atoms with van der Waals surface area (Å²) in [4.78, 5) is 14.8. The van der Waals surface area contributed by atoms with E-state index in [0.29, 0.717) is 17.2 Å². The summed E-state index contributed by atoms with van der Waals surface area (Å²) in [7, 11) is 0. The molecule has 0 aliphatic carbocycles. The number of carbonyl (C=O) groups excluding carboxylic acids is 1. The maximum Gasteiger partial charge on any atom is 0.128 e. The van der Waals surface area contributed by atoms with Gasteiger partial charge in [0.2, 0.25) is 0 Å². The Morgan fingerprint density at radius 3 is 2.70 bits per heavy atom. The number of halogens is 1. The van der Waals surface area contributed by atoms with Crippen molar-refractivity contribution in [3.63, 3.8) is 0 Å². The van der Waals surface area contributed by atoms with Crippen molar-refractivity contribution >= 4 is 39.9 Å². The van der Waals surface area contributed by atoms with Gasteiger partial charge in [-0.2, -0.15) is 5.10 Å². The molecule has 0 amide bonds. The average molecular weight is 383 g/mol. The Morgan fingerprint density at radius 2 is 2.00 bits per heavy atom. The minimum atomic E-state index is -1.26. The third-order valence-corrected chi connectivity index (χ3v) is 4.13. The Hall–Kier alpha value is -3.12. The number of anilines is 1. The second kappa shape index (κ2) is 8.51. The Bertz CT molecular complexity index is 987. The number of pyridine rings is 1. The molecule has 3 rings (SSSR count). The first-order valence-corrected chi connectivity index (χ1v) is 8.74. The number of carboxylic acid groups (broad SMARTS) is 1. The van der Waals surface area contributed by atoms with Gasteiger partial charge in [0.05, 0.1) is 22.9 Å². The average Bonchev–Trinajstić information content (AvgIpc) is 2.67. The molecular weight excluding hydrogens is 366 g/mol. The van der Waals surface area contributed by atoms with Crippen molar-refractivity contribution < 1.29 is 14.6 Å². The van der Waals surface area contributed by atoms with Crippen LogP contribution in [-0.4, -0.2) is 23.3 Å². The van der Waals surface area contributed by atoms with E-state index in [9.17, 15) is 9.90 Å². The first-order valence-electron chi connectivity index (χ1n) is 8.36. The molecular formula is C20H17ClN3O3-. The van der Waals surface area contributed by atoms with Crippen molar-refractivity contribution in [3.8, 4) is 5.75 Å². The molecule has 0 radical (unpaired) electrons. The molecule has 0 bridgehead atoms. The highest BCUT2D eigenvalue weighted by atomic mass is 35.5. The van der Waals surface area contributed by atoms with Gasteiger partial charge in [-0.1, -0.05) is 18.5 Å². The second-order valence-corrected chi connectivity index (χ2v) is 6.17. The van der Waals surface area contributed by atoms with Crippen molar-refractivity contribution in [1.29, 1.82) is 0 Å². The van der Waals surface area contributed by atoms with E-state index in [1.54, 1.807) is 24.4 Å². The van der Waals surface area contributed by atoms with Crippen molar-refractivity contribution in [2.24, 2.45) is 5.10 Å². The number of aliphatic carboxylic acids is 1. The largest absolute Gasteiger partial charge is 0.546 e. The molecule has 0 unspecified atom stereocenters. The zero-order valence-electron chi connectivity index (χ0n) is 14.6. The van der Waals surface area contributed by atoms with E-state index in [-0.39, 0.29) is 0 Å². The molecule has 0 fully saturated rings. The summed E-state index contributed by atoms with van der Waals surface area (Å²) < 4.78 is 5.09. The summed E-state index contributed by atoms with van der Waals surface area (Å²) in [6.07, 6.45) is 2.41. The van der Waals surface area contributed by atoms with Gasteiger partial charge in [0.15, 0.2) is 0 Å². The first kappa shape index (κ1) is 18.7. The van der Waals surface area contributed by atoms with Gasteiger partial charge in [0.1, 0.15) is 12.4 Å². The molecule has 138 valence electrons. The molecule has 0 saturated carbocycles. The Kier molecular flexibility index (Phi) is 5.88. The second-order valence-electron chi connectivity index (χ2n) is 5.73. The molecule has 1 aromatic heterocycles. The van der Waals surface area contributed by atoms with Crippen LogP contribution >= 0.6 is 11.6 Å². The van der Waals surface area contributed by atoms with Crippen LogP contribution in [0.3, 0.4) is 0 Å². The highest BCUT2D eigenvalue weighted by Gasteiger charge is 2.05. The standard InChI is InChI=1S/C20H18ClN3O3/c1-2-17(13-3-6-15(7-4-13)27-12-20(25)26)23-24-18-9-10-22-19-11-14(21)5-8-16(18)19/h3-11H,2,12H2,1H3,(H,22,24)(H,25,26)/p-1/b23-17-. The van der Waals surface area contributed by atoms with Gasteiger partial charge < -0.3 is 14.6 Å². The monoisotopic (exact) mass is 382 g/mol. The number of nitrogens with one attached hydrogen (secondary N) is 1. The van der Waals surface area contributed by atoms with Gasteiger partial charge in [-0.15, -0.1) is 0 Å². The highest BCUT2D eigenvalue weighted by molar-refractivity contribution is 6.31. The fourth-order valence-corrected chi connectivity index (χ4v) is 2.75. The lowest BCUT2D eigenvalue weighted by Crippen LogP contribution is -2.28. The lowest BCUT2D eigenvalue weighted by atomic mass is 10.1. The molecule has 0 saturated heterocycles. The smallest absolute Gasteiger partial charge is 0.128 e. The molecule has 0 aliphatic heterocycles. The highest BCUT2D eigenvalue weighted by Crippen LogP contribution is 2.24. The Morgan fingerprint density at radius 1 is 1.22 bits per heavy atom. The van der Waals surface area contributed by atoms with E-state index in [0.717, 1.165) is 27.9 Å². The van der Waals surface area contributed by atoms with Crippen LogP contribution in [0.5, 0.6) is 5.75 Å². The normalized spacial score (nSPS) is 11.4. The zero-order chi connectivity index (χ0) is 19.2. The van der Waals surface area contributed by atoms with Crippen LogP contribution in [0.2, 0.25) is 5.02 Å². The fraction of sp³-hybridized carbons (Fsp3) is 0.150. The van der Waals surface area contributed by atoms with Gasteiger partial charge in [0, 0.05) is 16.6 Å². The number of fused-ring (bicyclic) bond motifs is 1. The molecule has 27 heavy (non-hydrogen) atoms. The molecule has 0 spiro atoms. The summed E-state index contributed by atoms with van der Waals surface area (Å²) in [5.74, 6) is -0.798. The number of nitrogens with zero attached hydrogens (tertiary/aromatic N) is 2. The molecule has 7 heteroatoms. The number of ether oxygens (including phenoxy) is 1. The minimum Gasteiger partial charge on any atom is -0.546 e. The molecule has 1 heterocycles. The minimum absolute atomic E-state index is 0.461. The number of benzene rings is 2. The van der Waals surface area contributed by atoms with Crippen LogP contribution in [0.15, 0.2) is 59.8 Å². The van der Waals surface area contributed by atoms with Crippen LogP contribution in [0.4, 0.5) is 5.69 Å². The number of hydrogen-bond donors (Lipinski definition) is 1. The van der Waals surface area contributed by atoms with Crippen LogP contribution in [0, 0.1) is 0 Å². The van der Waals surface area contributed by atoms with E-state index in [1.807, 2.05) is 37.3 Å². The molecule has 0 aliphatic rings. The summed E-state index contributed by atoms with van der Waals surface area (Å²) in [5, 5.41) is 16.5. The number of hydrogen-bond acceptors (Lipinski definition) is 6. The number of hydrazone groups is 1. The van der Waals surface area contributed by atoms with E-state index in [4.69, 9.17) is 16.3 Å². The van der Waals surface area contributed by atoms with Crippen molar-refractivity contribution in [2.45, 2.75) is 13.3 Å². The van der Waals surface area contributed by atoms with Gasteiger partial charge in [0.25, 0.3) is 0 Å². The molecule has 6 nitrogen and oxygen atoms in total. The van der Waals surface area contributed by atoms with Crippen LogP contribution in [0.25, 0.3) is 10.9 Å². The van der Waals surface area contributed by atoms with Crippen LogP contribution < -0.4 is 15.3 Å². The SMILES string of the molecule is CC/C(=N/Nc1ccnc2cc(Cl)ccc12)c1ccc(OCC(=O)[O-])cc1. The Labute approximate surface area is 161 Å². The predicted molar refractivity (Wildman–Crippen MR) is 104 cm³/mol. The molecule has 1 N–H and O–H groups in total. The van der Waals surface area contributed by atoms with Gasteiger partial charge in [-0.05, 0) is 60.5 Å². The fourth-order valence-electron chi connectivity index (χ4n) is 2.58. The number of aromatic nitrogens is 1. The number of rotatable bonds is 7. The van der Waals surface area contributed by atoms with E-state index in [2.05, 4.69) is 15.5 Å². The quantitative estimate of drug-likeness (QED) is 0.500. The summed E-state index contributed by atoms with van der Waals surface area (Å²) >= 11 is 6.02. The maximum absolute atomic E-state index is 10.5. The van der Waals surface area contributed by atoms with E-state index < -0.39 is 12.6 Å². The molecule has 0 atom stereocenters. The van der Waals surface area contributed by atoms with E-state index in [1.165, 1.54) is 0 Å². The van der Waals surface area contributed by atoms with Crippen LogP contribution in [-0.2, 0) is 4.79 Å². The topological polar surface area (TPSA) is 86.6 Å². The maximum atomic E-state index is 10.5. The zero-order valence-corrected chi connectivity index (χ0v) is 15.4. The van der Waals surface area contributed by atoms with Crippen molar-refractivity contribution in [3.05, 3.63) is 65.3 Å². The van der Waals surface area contributed by atoms with Crippen LogP contribution in [0.1, 0.15) is 18.9 Å². The first-order chi connectivity index (χ1) is 13.1. The molecule has 3 aromatic rings. The molecule has 2 aromatic carbocycles. The third kappa shape index (κ3) is 4.74. The van der Waals surface area contributed by atoms with Gasteiger partial charge in [-0.25, -0.2) is 0 Å². The Balaban J connectivity index is 1.80.